The van der Waals surface area contributed by atoms with Crippen molar-refractivity contribution in [3.63, 3.8) is 0 Å². The van der Waals surface area contributed by atoms with Gasteiger partial charge in [-0.3, -0.25) is 9.59 Å². The molecule has 0 heterocycles. The van der Waals surface area contributed by atoms with Crippen molar-refractivity contribution in [2.45, 2.75) is 19.8 Å². The Bertz CT molecular complexity index is 546. The molecule has 1 aromatic carbocycles. The minimum Gasteiger partial charge on any atom is -0.481 e. The normalized spacial score (nSPS) is 12.3. The van der Waals surface area contributed by atoms with Gasteiger partial charge < -0.3 is 10.4 Å². The third-order valence-corrected chi connectivity index (χ3v) is 3.40. The van der Waals surface area contributed by atoms with Gasteiger partial charge in [-0.2, -0.15) is 0 Å². The fourth-order valence-electron chi connectivity index (χ4n) is 1.61. The number of benzene rings is 1. The number of hydrogen-bond acceptors (Lipinski definition) is 2. The second-order valence-electron chi connectivity index (χ2n) is 4.67. The lowest BCUT2D eigenvalue weighted by Crippen LogP contribution is -2.23. The minimum atomic E-state index is -0.841. The molecule has 2 N–H and O–H groups in total. The molecule has 0 saturated carbocycles. The second-order valence-corrected chi connectivity index (χ2v) is 5.59. The summed E-state index contributed by atoms with van der Waals surface area (Å²) in [4.78, 5) is 22.2. The molecule has 1 atom stereocenters. The molecular formula is C15H17BrFNO3. The standard InChI is InChI=1S/C15H17BrFNO3/c1-10(15(20)21)3-2-8-18-14(19)7-4-11-9-12(16)5-6-13(11)17/h4-7,9-10H,2-3,8H2,1H3,(H,18,19)(H,20,21)/b7-4+. The van der Waals surface area contributed by atoms with Gasteiger partial charge in [0, 0.05) is 22.7 Å². The molecule has 1 unspecified atom stereocenters. The molecule has 0 aliphatic rings. The Morgan fingerprint density at radius 1 is 1.48 bits per heavy atom. The maximum atomic E-state index is 13.4. The van der Waals surface area contributed by atoms with Crippen molar-refractivity contribution < 1.29 is 19.1 Å². The summed E-state index contributed by atoms with van der Waals surface area (Å²) in [5, 5.41) is 11.3. The Hall–Kier alpha value is -1.69. The average molecular weight is 358 g/mol. The SMILES string of the molecule is CC(CCCNC(=O)/C=C/c1cc(Br)ccc1F)C(=O)O. The van der Waals surface area contributed by atoms with Crippen LogP contribution in [-0.2, 0) is 9.59 Å². The van der Waals surface area contributed by atoms with Crippen molar-refractivity contribution in [3.8, 4) is 0 Å². The van der Waals surface area contributed by atoms with Crippen LogP contribution in [0.4, 0.5) is 4.39 Å². The summed E-state index contributed by atoms with van der Waals surface area (Å²) in [5.41, 5.74) is 0.319. The number of carbonyl (C=O) groups is 2. The first kappa shape index (κ1) is 17.4. The Morgan fingerprint density at radius 3 is 2.86 bits per heavy atom. The van der Waals surface area contributed by atoms with Crippen LogP contribution in [-0.4, -0.2) is 23.5 Å². The Balaban J connectivity index is 2.38. The molecule has 114 valence electrons. The summed E-state index contributed by atoms with van der Waals surface area (Å²) in [7, 11) is 0. The summed E-state index contributed by atoms with van der Waals surface area (Å²) in [6.07, 6.45) is 3.73. The van der Waals surface area contributed by atoms with Crippen LogP contribution in [0.5, 0.6) is 0 Å². The average Bonchev–Trinajstić information content (AvgIpc) is 2.44. The molecule has 0 aliphatic carbocycles. The second kappa shape index (κ2) is 8.56. The highest BCUT2D eigenvalue weighted by molar-refractivity contribution is 9.10. The number of carboxylic acids is 1. The van der Waals surface area contributed by atoms with Gasteiger partial charge in [0.15, 0.2) is 0 Å². The van der Waals surface area contributed by atoms with Gasteiger partial charge in [0.1, 0.15) is 5.82 Å². The Labute approximate surface area is 131 Å². The highest BCUT2D eigenvalue weighted by Gasteiger charge is 2.09. The van der Waals surface area contributed by atoms with E-state index in [1.807, 2.05) is 0 Å². The van der Waals surface area contributed by atoms with Crippen LogP contribution >= 0.6 is 15.9 Å². The molecule has 0 aromatic heterocycles. The first-order valence-electron chi connectivity index (χ1n) is 6.54. The van der Waals surface area contributed by atoms with Crippen molar-refractivity contribution >= 4 is 33.9 Å². The van der Waals surface area contributed by atoms with Crippen molar-refractivity contribution in [1.29, 1.82) is 0 Å². The molecular weight excluding hydrogens is 341 g/mol. The molecule has 0 saturated heterocycles. The number of hydrogen-bond donors (Lipinski definition) is 2. The van der Waals surface area contributed by atoms with Crippen LogP contribution in [0.1, 0.15) is 25.3 Å². The first-order chi connectivity index (χ1) is 9.90. The molecule has 0 spiro atoms. The minimum absolute atomic E-state index is 0.319. The predicted octanol–water partition coefficient (Wildman–Crippen LogP) is 3.22. The Kier molecular flexibility index (Phi) is 7.08. The summed E-state index contributed by atoms with van der Waals surface area (Å²) < 4.78 is 14.2. The quantitative estimate of drug-likeness (QED) is 0.581. The Morgan fingerprint density at radius 2 is 2.19 bits per heavy atom. The van der Waals surface area contributed by atoms with Gasteiger partial charge in [-0.25, -0.2) is 4.39 Å². The van der Waals surface area contributed by atoms with Gasteiger partial charge in [-0.1, -0.05) is 22.9 Å². The zero-order chi connectivity index (χ0) is 15.8. The van der Waals surface area contributed by atoms with Crippen LogP contribution in [0.15, 0.2) is 28.7 Å². The number of carbonyl (C=O) groups excluding carboxylic acids is 1. The maximum absolute atomic E-state index is 13.4. The molecule has 6 heteroatoms. The summed E-state index contributed by atoms with van der Waals surface area (Å²) in [5.74, 6) is -2.01. The maximum Gasteiger partial charge on any atom is 0.306 e. The number of amides is 1. The topological polar surface area (TPSA) is 66.4 Å². The molecule has 1 aromatic rings. The van der Waals surface area contributed by atoms with Crippen LogP contribution in [0.2, 0.25) is 0 Å². The van der Waals surface area contributed by atoms with E-state index in [0.29, 0.717) is 24.9 Å². The van der Waals surface area contributed by atoms with E-state index < -0.39 is 17.7 Å². The summed E-state index contributed by atoms with van der Waals surface area (Å²) in [6.45, 7) is 2.02. The number of aliphatic carboxylic acids is 1. The van der Waals surface area contributed by atoms with E-state index in [1.54, 1.807) is 19.1 Å². The lowest BCUT2D eigenvalue weighted by Gasteiger charge is -2.06. The van der Waals surface area contributed by atoms with E-state index in [1.165, 1.54) is 18.2 Å². The molecule has 21 heavy (non-hydrogen) atoms. The number of halogens is 2. The smallest absolute Gasteiger partial charge is 0.306 e. The predicted molar refractivity (Wildman–Crippen MR) is 82.2 cm³/mol. The molecule has 1 amide bonds. The number of carboxylic acid groups (broad SMARTS) is 1. The zero-order valence-electron chi connectivity index (χ0n) is 11.6. The highest BCUT2D eigenvalue weighted by Crippen LogP contribution is 2.16. The fourth-order valence-corrected chi connectivity index (χ4v) is 1.99. The number of nitrogens with one attached hydrogen (secondary N) is 1. The van der Waals surface area contributed by atoms with E-state index in [2.05, 4.69) is 21.2 Å². The van der Waals surface area contributed by atoms with E-state index in [9.17, 15) is 14.0 Å². The van der Waals surface area contributed by atoms with Gasteiger partial charge in [0.05, 0.1) is 5.92 Å². The lowest BCUT2D eigenvalue weighted by atomic mass is 10.1. The zero-order valence-corrected chi connectivity index (χ0v) is 13.2. The van der Waals surface area contributed by atoms with Crippen LogP contribution in [0, 0.1) is 11.7 Å². The van der Waals surface area contributed by atoms with Crippen molar-refractivity contribution in [3.05, 3.63) is 40.1 Å². The lowest BCUT2D eigenvalue weighted by molar-refractivity contribution is -0.141. The third kappa shape index (κ3) is 6.53. The third-order valence-electron chi connectivity index (χ3n) is 2.91. The molecule has 0 fully saturated rings. The van der Waals surface area contributed by atoms with Crippen molar-refractivity contribution in [2.24, 2.45) is 5.92 Å². The molecule has 0 bridgehead atoms. The summed E-state index contributed by atoms with van der Waals surface area (Å²) in [6, 6.07) is 4.47. The van der Waals surface area contributed by atoms with Gasteiger partial charge in [-0.05, 0) is 37.1 Å². The van der Waals surface area contributed by atoms with Crippen molar-refractivity contribution in [1.82, 2.24) is 5.32 Å². The fraction of sp³-hybridized carbons (Fsp3) is 0.333. The van der Waals surface area contributed by atoms with Gasteiger partial charge in [-0.15, -0.1) is 0 Å². The summed E-state index contributed by atoms with van der Waals surface area (Å²) >= 11 is 3.23. The first-order valence-corrected chi connectivity index (χ1v) is 7.33. The van der Waals surface area contributed by atoms with Gasteiger partial charge in [0.25, 0.3) is 0 Å². The van der Waals surface area contributed by atoms with E-state index in [0.717, 1.165) is 4.47 Å². The monoisotopic (exact) mass is 357 g/mol. The van der Waals surface area contributed by atoms with Gasteiger partial charge >= 0.3 is 5.97 Å². The van der Waals surface area contributed by atoms with Gasteiger partial charge in [0.2, 0.25) is 5.91 Å². The van der Waals surface area contributed by atoms with Crippen LogP contribution in [0.25, 0.3) is 6.08 Å². The van der Waals surface area contributed by atoms with E-state index in [4.69, 9.17) is 5.11 Å². The van der Waals surface area contributed by atoms with E-state index in [-0.39, 0.29) is 5.91 Å². The number of rotatable bonds is 7. The molecule has 1 rings (SSSR count). The van der Waals surface area contributed by atoms with Crippen LogP contribution < -0.4 is 5.32 Å². The van der Waals surface area contributed by atoms with Crippen LogP contribution in [0.3, 0.4) is 0 Å². The highest BCUT2D eigenvalue weighted by atomic mass is 79.9. The molecule has 0 aliphatic heterocycles. The van der Waals surface area contributed by atoms with E-state index >= 15 is 0 Å². The largest absolute Gasteiger partial charge is 0.481 e. The molecule has 0 radical (unpaired) electrons. The van der Waals surface area contributed by atoms with Crippen molar-refractivity contribution in [2.75, 3.05) is 6.54 Å². The molecule has 4 nitrogen and oxygen atoms in total.